The molecule has 0 saturated carbocycles. The van der Waals surface area contributed by atoms with Crippen molar-refractivity contribution >= 4 is 28.1 Å². The van der Waals surface area contributed by atoms with Crippen LogP contribution >= 0.6 is 0 Å². The van der Waals surface area contributed by atoms with Gasteiger partial charge in [0.05, 0.1) is 17.7 Å². The van der Waals surface area contributed by atoms with Crippen LogP contribution in [-0.4, -0.2) is 30.8 Å². The molecule has 6 nitrogen and oxygen atoms in total. The number of rotatable bonds is 7. The van der Waals surface area contributed by atoms with Crippen molar-refractivity contribution in [2.75, 3.05) is 13.7 Å². The monoisotopic (exact) mass is 427 g/mol. The van der Waals surface area contributed by atoms with Gasteiger partial charge in [0.25, 0.3) is 0 Å². The Morgan fingerprint density at radius 2 is 1.83 bits per heavy atom. The van der Waals surface area contributed by atoms with Gasteiger partial charge in [-0.2, -0.15) is 13.2 Å². The van der Waals surface area contributed by atoms with E-state index in [2.05, 4.69) is 16.1 Å². The molecule has 0 radical (unpaired) electrons. The van der Waals surface area contributed by atoms with Gasteiger partial charge in [0.15, 0.2) is 0 Å². The first-order valence-corrected chi connectivity index (χ1v) is 9.84. The summed E-state index contributed by atoms with van der Waals surface area (Å²) in [6.07, 6.45) is -2.86. The van der Waals surface area contributed by atoms with Crippen LogP contribution in [0.15, 0.2) is 62.8 Å². The largest absolute Gasteiger partial charge is 0.497 e. The molecule has 2 N–H and O–H groups in total. The van der Waals surface area contributed by atoms with Gasteiger partial charge < -0.3 is 9.47 Å². The van der Waals surface area contributed by atoms with Crippen LogP contribution in [-0.2, 0) is 9.92 Å². The molecule has 0 heterocycles. The number of halogens is 3. The number of nitrogens with two attached hydrogens (primary N) is 1. The number of benzene rings is 2. The molecule has 0 saturated heterocycles. The lowest BCUT2D eigenvalue weighted by Gasteiger charge is -2.14. The second kappa shape index (κ2) is 9.10. The summed E-state index contributed by atoms with van der Waals surface area (Å²) in [4.78, 5) is 3.93. The molecule has 0 spiro atoms. The topological polar surface area (TPSA) is 86.3 Å². The van der Waals surface area contributed by atoms with Crippen molar-refractivity contribution in [1.82, 2.24) is 0 Å². The maximum atomic E-state index is 12.3. The Kier molecular flexibility index (Phi) is 7.04. The number of aliphatic imine (C=N–C) groups is 1. The maximum Gasteiger partial charge on any atom is 0.408 e. The second-order valence-electron chi connectivity index (χ2n) is 5.74. The molecule has 1 unspecified atom stereocenters. The molecule has 2 aromatic rings. The van der Waals surface area contributed by atoms with E-state index in [-0.39, 0.29) is 4.90 Å². The maximum absolute atomic E-state index is 12.3. The highest BCUT2D eigenvalue weighted by Crippen LogP contribution is 2.32. The lowest BCUT2D eigenvalue weighted by Crippen LogP contribution is -2.18. The minimum Gasteiger partial charge on any atom is -0.497 e. The van der Waals surface area contributed by atoms with Gasteiger partial charge in [-0.1, -0.05) is 0 Å². The zero-order valence-electron chi connectivity index (χ0n) is 15.8. The van der Waals surface area contributed by atoms with Gasteiger partial charge in [0.1, 0.15) is 33.7 Å². The molecule has 29 heavy (non-hydrogen) atoms. The van der Waals surface area contributed by atoms with Gasteiger partial charge in [0.2, 0.25) is 0 Å². The van der Waals surface area contributed by atoms with Gasteiger partial charge in [-0.15, -0.1) is 0 Å². The molecule has 0 aliphatic carbocycles. The molecule has 2 aromatic carbocycles. The van der Waals surface area contributed by atoms with Gasteiger partial charge >= 0.3 is 6.18 Å². The highest BCUT2D eigenvalue weighted by Gasteiger charge is 2.27. The second-order valence-corrected chi connectivity index (χ2v) is 7.61. The van der Waals surface area contributed by atoms with Crippen molar-refractivity contribution in [1.29, 1.82) is 0 Å². The number of ether oxygens (including phenoxy) is 2. The highest BCUT2D eigenvalue weighted by molar-refractivity contribution is 7.91. The number of nitrogens with zero attached hydrogens (tertiary/aromatic N) is 2. The van der Waals surface area contributed by atoms with Crippen LogP contribution in [0.1, 0.15) is 12.5 Å². The van der Waals surface area contributed by atoms with E-state index < -0.39 is 22.6 Å². The number of allylic oxidation sites excluding steroid dienone is 1. The van der Waals surface area contributed by atoms with Crippen molar-refractivity contribution in [3.8, 4) is 11.5 Å². The summed E-state index contributed by atoms with van der Waals surface area (Å²) < 4.78 is 63.2. The van der Waals surface area contributed by atoms with E-state index in [1.54, 1.807) is 31.2 Å². The molecule has 0 aliphatic heterocycles. The average molecular weight is 427 g/mol. The zero-order chi connectivity index (χ0) is 21.7. The van der Waals surface area contributed by atoms with Gasteiger partial charge in [-0.25, -0.2) is 13.7 Å². The smallest absolute Gasteiger partial charge is 0.408 e. The van der Waals surface area contributed by atoms with Crippen molar-refractivity contribution in [2.45, 2.75) is 18.0 Å². The van der Waals surface area contributed by atoms with Gasteiger partial charge in [-0.05, 0) is 56.1 Å². The van der Waals surface area contributed by atoms with E-state index in [0.29, 0.717) is 28.5 Å². The van der Waals surface area contributed by atoms with E-state index >= 15 is 0 Å². The molecule has 0 amide bonds. The van der Waals surface area contributed by atoms with Gasteiger partial charge in [-0.3, -0.25) is 4.99 Å². The van der Waals surface area contributed by atoms with Crippen LogP contribution in [0.5, 0.6) is 11.5 Å². The number of alkyl halides is 3. The van der Waals surface area contributed by atoms with E-state index in [0.717, 1.165) is 0 Å². The quantitative estimate of drug-likeness (QED) is 0.512. The van der Waals surface area contributed by atoms with E-state index in [9.17, 15) is 17.4 Å². The molecule has 2 rings (SSSR count). The summed E-state index contributed by atoms with van der Waals surface area (Å²) >= 11 is 0. The molecule has 10 heteroatoms. The highest BCUT2D eigenvalue weighted by atomic mass is 32.2. The summed E-state index contributed by atoms with van der Waals surface area (Å²) in [6.45, 7) is 3.72. The zero-order valence-corrected chi connectivity index (χ0v) is 16.6. The molecule has 0 aliphatic rings. The van der Waals surface area contributed by atoms with Crippen molar-refractivity contribution in [3.05, 3.63) is 54.1 Å². The Morgan fingerprint density at radius 1 is 1.21 bits per heavy atom. The van der Waals surface area contributed by atoms with E-state index in [1.807, 2.05) is 0 Å². The van der Waals surface area contributed by atoms with Crippen LogP contribution < -0.4 is 14.6 Å². The van der Waals surface area contributed by atoms with Crippen molar-refractivity contribution < 1.29 is 26.9 Å². The summed E-state index contributed by atoms with van der Waals surface area (Å²) in [6, 6.07) is 10.7. The summed E-state index contributed by atoms with van der Waals surface area (Å²) in [7, 11) is -2.13. The fraction of sp³-hybridized carbons (Fsp3) is 0.211. The summed E-state index contributed by atoms with van der Waals surface area (Å²) in [5.74, 6) is 1.44. The third-order valence-corrected chi connectivity index (χ3v) is 5.19. The van der Waals surface area contributed by atoms with Gasteiger partial charge in [0, 0.05) is 11.6 Å². The van der Waals surface area contributed by atoms with E-state index in [1.165, 1.54) is 31.4 Å². The summed E-state index contributed by atoms with van der Waals surface area (Å²) in [5, 5.41) is 5.46. The first-order chi connectivity index (χ1) is 13.6. The van der Waals surface area contributed by atoms with Crippen molar-refractivity contribution in [3.63, 3.8) is 0 Å². The molecule has 1 atom stereocenters. The number of methoxy groups -OCH3 is 1. The average Bonchev–Trinajstić information content (AvgIpc) is 2.70. The molecular formula is C19H20F3N3O3S. The molecule has 0 aromatic heterocycles. The van der Waals surface area contributed by atoms with Crippen LogP contribution in [0.2, 0.25) is 0 Å². The van der Waals surface area contributed by atoms with Crippen molar-refractivity contribution in [2.24, 2.45) is 14.5 Å². The first kappa shape index (κ1) is 22.4. The standard InChI is InChI=1S/C19H20F3N3O3S/c1-4-18(16-10-7-14(27-3)11-17(16)24-2)28-13-5-8-15(9-6-13)29(23,26)25-12-19(20,21)22/h4-11H,2,12H2,1,3H3,(H2,23,25,26)/b18-4+. The fourth-order valence-corrected chi connectivity index (χ4v) is 3.33. The number of hydrogen-bond donors (Lipinski definition) is 1. The Hall–Kier alpha value is -2.85. The third-order valence-electron chi connectivity index (χ3n) is 3.73. The fourth-order valence-electron chi connectivity index (χ4n) is 2.32. The number of hydrogen-bond acceptors (Lipinski definition) is 5. The molecule has 0 fully saturated rings. The van der Waals surface area contributed by atoms with Crippen LogP contribution in [0.25, 0.3) is 5.76 Å². The van der Waals surface area contributed by atoms with Crippen LogP contribution in [0, 0.1) is 0 Å². The lowest BCUT2D eigenvalue weighted by atomic mass is 10.1. The molecule has 0 bridgehead atoms. The normalized spacial score (nSPS) is 14.1. The summed E-state index contributed by atoms with van der Waals surface area (Å²) in [5.41, 5.74) is 1.21. The molecular weight excluding hydrogens is 407 g/mol. The Labute approximate surface area is 167 Å². The van der Waals surface area contributed by atoms with E-state index in [4.69, 9.17) is 14.6 Å². The minimum atomic E-state index is -4.58. The minimum absolute atomic E-state index is 0.0333. The Balaban J connectivity index is 2.27. The first-order valence-electron chi connectivity index (χ1n) is 8.26. The Bertz CT molecular complexity index is 1030. The molecule has 156 valence electrons. The third kappa shape index (κ3) is 6.06. The lowest BCUT2D eigenvalue weighted by molar-refractivity contribution is -0.117. The predicted octanol–water partition coefficient (Wildman–Crippen LogP) is 4.73. The Morgan fingerprint density at radius 3 is 2.34 bits per heavy atom. The SMILES string of the molecule is C=Nc1cc(OC)ccc1/C(=C\C)Oc1ccc(S(N)(=O)=NCC(F)(F)F)cc1. The predicted molar refractivity (Wildman–Crippen MR) is 107 cm³/mol. The van der Waals surface area contributed by atoms with Crippen LogP contribution in [0.3, 0.4) is 0 Å². The van der Waals surface area contributed by atoms with Crippen LogP contribution in [0.4, 0.5) is 18.9 Å².